The third-order valence-corrected chi connectivity index (χ3v) is 3.54. The minimum Gasteiger partial charge on any atom is -0.462 e. The van der Waals surface area contributed by atoms with Crippen LogP contribution >= 0.6 is 0 Å². The molecule has 0 saturated carbocycles. The molecule has 5 N–H and O–H groups in total. The average Bonchev–Trinajstić information content (AvgIpc) is 3.14. The van der Waals surface area contributed by atoms with Crippen molar-refractivity contribution in [3.63, 3.8) is 0 Å². The zero-order chi connectivity index (χ0) is 19.5. The van der Waals surface area contributed by atoms with Gasteiger partial charge in [0.1, 0.15) is 12.8 Å². The Morgan fingerprint density at radius 2 is 2.23 bits per heavy atom. The van der Waals surface area contributed by atoms with Gasteiger partial charge in [0.15, 0.2) is 5.82 Å². The molecule has 2 atom stereocenters. The second-order valence-corrected chi connectivity index (χ2v) is 5.32. The van der Waals surface area contributed by atoms with Gasteiger partial charge in [0.05, 0.1) is 12.6 Å². The van der Waals surface area contributed by atoms with Crippen molar-refractivity contribution in [3.05, 3.63) is 22.7 Å². The second-order valence-electron chi connectivity index (χ2n) is 5.32. The van der Waals surface area contributed by atoms with Crippen LogP contribution in [-0.4, -0.2) is 52.9 Å². The van der Waals surface area contributed by atoms with E-state index < -0.39 is 17.9 Å². The topological polar surface area (TPSA) is 158 Å². The largest absolute Gasteiger partial charge is 0.462 e. The van der Waals surface area contributed by atoms with Crippen LogP contribution in [0.25, 0.3) is 0 Å². The fourth-order valence-electron chi connectivity index (χ4n) is 2.13. The molecule has 2 rings (SSSR count). The van der Waals surface area contributed by atoms with Crippen molar-refractivity contribution in [3.8, 4) is 0 Å². The summed E-state index contributed by atoms with van der Waals surface area (Å²) in [7, 11) is 1.63. The van der Waals surface area contributed by atoms with Gasteiger partial charge in [-0.25, -0.2) is 4.79 Å². The molecule has 1 aromatic rings. The lowest BCUT2D eigenvalue weighted by atomic mass is 10.2. The van der Waals surface area contributed by atoms with Gasteiger partial charge in [-0.1, -0.05) is 6.92 Å². The number of hydrogen-bond acceptors (Lipinski definition) is 9. The molecular weight excluding hydrogens is 346 g/mol. The summed E-state index contributed by atoms with van der Waals surface area (Å²) in [6.07, 6.45) is 2.61. The zero-order valence-electron chi connectivity index (χ0n) is 14.8. The highest BCUT2D eigenvalue weighted by Gasteiger charge is 2.28. The van der Waals surface area contributed by atoms with E-state index in [-0.39, 0.29) is 31.0 Å². The van der Waals surface area contributed by atoms with E-state index in [1.165, 1.54) is 16.8 Å². The molecule has 0 spiro atoms. The van der Waals surface area contributed by atoms with Gasteiger partial charge < -0.3 is 20.5 Å². The van der Waals surface area contributed by atoms with Crippen molar-refractivity contribution in [2.24, 2.45) is 5.73 Å². The predicted octanol–water partition coefficient (Wildman–Crippen LogP) is -0.634. The SMILES string of the molecule is CCC(=O)NC.NCC(=O)OCC1CCC(n2ccc(NO)nc2=O)O1. The number of aromatic nitrogens is 2. The number of nitrogens with zero attached hydrogens (tertiary/aromatic N) is 2. The Hall–Kier alpha value is -2.50. The van der Waals surface area contributed by atoms with E-state index in [0.717, 1.165) is 0 Å². The summed E-state index contributed by atoms with van der Waals surface area (Å²) in [4.78, 5) is 36.4. The smallest absolute Gasteiger partial charge is 0.351 e. The van der Waals surface area contributed by atoms with Gasteiger partial charge in [-0.3, -0.25) is 24.8 Å². The fraction of sp³-hybridized carbons (Fsp3) is 0.600. The van der Waals surface area contributed by atoms with Gasteiger partial charge in [0.2, 0.25) is 5.91 Å². The Bertz CT molecular complexity index is 644. The van der Waals surface area contributed by atoms with E-state index in [9.17, 15) is 14.4 Å². The lowest BCUT2D eigenvalue weighted by Crippen LogP contribution is -2.28. The number of carbonyl (C=O) groups excluding carboxylic acids is 2. The molecule has 11 heteroatoms. The third kappa shape index (κ3) is 6.78. The van der Waals surface area contributed by atoms with Gasteiger partial charge in [0, 0.05) is 19.7 Å². The first-order valence-corrected chi connectivity index (χ1v) is 8.16. The molecule has 0 aromatic carbocycles. The lowest BCUT2D eigenvalue weighted by Gasteiger charge is -2.15. The molecule has 2 heterocycles. The molecule has 0 aliphatic carbocycles. The molecule has 1 fully saturated rings. The van der Waals surface area contributed by atoms with Gasteiger partial charge >= 0.3 is 11.7 Å². The van der Waals surface area contributed by atoms with Gasteiger partial charge in [-0.15, -0.1) is 0 Å². The van der Waals surface area contributed by atoms with Crippen LogP contribution < -0.4 is 22.2 Å². The molecule has 11 nitrogen and oxygen atoms in total. The van der Waals surface area contributed by atoms with Crippen LogP contribution in [0.2, 0.25) is 0 Å². The van der Waals surface area contributed by atoms with Crippen molar-refractivity contribution in [2.75, 3.05) is 25.7 Å². The number of carbonyl (C=O) groups is 2. The first-order valence-electron chi connectivity index (χ1n) is 8.16. The van der Waals surface area contributed by atoms with Crippen LogP contribution in [0.4, 0.5) is 5.82 Å². The Morgan fingerprint density at radius 1 is 1.50 bits per heavy atom. The molecule has 2 unspecified atom stereocenters. The summed E-state index contributed by atoms with van der Waals surface area (Å²) in [6, 6.07) is 1.45. The standard InChI is InChI=1S/C11H16N4O5.C4H9NO/c12-5-10(16)19-6-7-1-2-9(20-7)15-4-3-8(14-18)13-11(15)17;1-3-4(6)5-2/h3-4,7,9,18H,1-2,5-6,12H2,(H,13,14,17);3H2,1-2H3,(H,5,6). The van der Waals surface area contributed by atoms with Gasteiger partial charge in [0.25, 0.3) is 0 Å². The third-order valence-electron chi connectivity index (χ3n) is 3.54. The fourth-order valence-corrected chi connectivity index (χ4v) is 2.13. The Morgan fingerprint density at radius 3 is 2.73 bits per heavy atom. The summed E-state index contributed by atoms with van der Waals surface area (Å²) in [5, 5.41) is 11.1. The van der Waals surface area contributed by atoms with Crippen LogP contribution in [0.1, 0.15) is 32.4 Å². The van der Waals surface area contributed by atoms with E-state index in [0.29, 0.717) is 19.3 Å². The second kappa shape index (κ2) is 11.2. The van der Waals surface area contributed by atoms with Crippen molar-refractivity contribution in [2.45, 2.75) is 38.5 Å². The lowest BCUT2D eigenvalue weighted by molar-refractivity contribution is -0.146. The average molecular weight is 371 g/mol. The molecule has 1 amide bonds. The summed E-state index contributed by atoms with van der Waals surface area (Å²) < 4.78 is 11.8. The van der Waals surface area contributed by atoms with E-state index in [2.05, 4.69) is 10.3 Å². The van der Waals surface area contributed by atoms with Crippen LogP contribution in [0.3, 0.4) is 0 Å². The molecule has 0 bridgehead atoms. The molecule has 146 valence electrons. The minimum atomic E-state index is -0.534. The maximum absolute atomic E-state index is 11.7. The van der Waals surface area contributed by atoms with Gasteiger partial charge in [-0.2, -0.15) is 4.98 Å². The maximum Gasteiger partial charge on any atom is 0.351 e. The van der Waals surface area contributed by atoms with E-state index >= 15 is 0 Å². The summed E-state index contributed by atoms with van der Waals surface area (Å²) >= 11 is 0. The highest BCUT2D eigenvalue weighted by atomic mass is 16.6. The number of ether oxygens (including phenoxy) is 2. The monoisotopic (exact) mass is 371 g/mol. The Kier molecular flexibility index (Phi) is 9.26. The quantitative estimate of drug-likeness (QED) is 0.377. The van der Waals surface area contributed by atoms with Crippen LogP contribution in [0.15, 0.2) is 17.1 Å². The molecule has 1 aliphatic heterocycles. The zero-order valence-corrected chi connectivity index (χ0v) is 14.8. The summed E-state index contributed by atoms with van der Waals surface area (Å²) in [5.74, 6) is -0.332. The number of hydrogen-bond donors (Lipinski definition) is 4. The molecule has 1 aromatic heterocycles. The molecule has 26 heavy (non-hydrogen) atoms. The van der Waals surface area contributed by atoms with Crippen molar-refractivity contribution < 1.29 is 24.3 Å². The first-order chi connectivity index (χ1) is 12.4. The molecular formula is C15H25N5O6. The minimum absolute atomic E-state index is 0.0673. The van der Waals surface area contributed by atoms with Crippen molar-refractivity contribution in [1.29, 1.82) is 0 Å². The molecule has 1 saturated heterocycles. The highest BCUT2D eigenvalue weighted by Crippen LogP contribution is 2.27. The normalized spacial score (nSPS) is 18.5. The highest BCUT2D eigenvalue weighted by molar-refractivity contribution is 5.75. The number of amides is 1. The number of esters is 1. The maximum atomic E-state index is 11.7. The van der Waals surface area contributed by atoms with Crippen LogP contribution in [-0.2, 0) is 19.1 Å². The summed E-state index contributed by atoms with van der Waals surface area (Å²) in [5.41, 5.74) is 6.39. The van der Waals surface area contributed by atoms with Crippen LogP contribution in [0.5, 0.6) is 0 Å². The van der Waals surface area contributed by atoms with E-state index in [4.69, 9.17) is 20.4 Å². The van der Waals surface area contributed by atoms with Crippen LogP contribution in [0, 0.1) is 0 Å². The number of nitrogens with two attached hydrogens (primary N) is 1. The predicted molar refractivity (Wildman–Crippen MR) is 91.4 cm³/mol. The van der Waals surface area contributed by atoms with Crippen molar-refractivity contribution in [1.82, 2.24) is 14.9 Å². The van der Waals surface area contributed by atoms with E-state index in [1.807, 2.05) is 6.92 Å². The Labute approximate surface area is 150 Å². The molecule has 1 aliphatic rings. The summed E-state index contributed by atoms with van der Waals surface area (Å²) in [6.45, 7) is 1.76. The van der Waals surface area contributed by atoms with Crippen molar-refractivity contribution >= 4 is 17.7 Å². The van der Waals surface area contributed by atoms with E-state index in [1.54, 1.807) is 12.5 Å². The first kappa shape index (κ1) is 21.5. The molecule has 0 radical (unpaired) electrons. The Balaban J connectivity index is 0.000000487. The van der Waals surface area contributed by atoms with Gasteiger partial charge in [-0.05, 0) is 18.9 Å². The number of anilines is 1. The number of nitrogens with one attached hydrogen (secondary N) is 2. The number of rotatable bonds is 6.